The number of rotatable bonds is 8. The van der Waals surface area contributed by atoms with Gasteiger partial charge in [-0.2, -0.15) is 0 Å². The highest BCUT2D eigenvalue weighted by Gasteiger charge is 2.09. The summed E-state index contributed by atoms with van der Waals surface area (Å²) in [6.07, 6.45) is 6.35. The first-order valence-electron chi connectivity index (χ1n) is 6.92. The first kappa shape index (κ1) is 14.8. The van der Waals surface area contributed by atoms with Crippen molar-refractivity contribution in [2.24, 2.45) is 0 Å². The predicted octanol–water partition coefficient (Wildman–Crippen LogP) is 2.73. The largest absolute Gasteiger partial charge is 0.385 e. The van der Waals surface area contributed by atoms with Crippen LogP contribution < -0.4 is 10.6 Å². The summed E-state index contributed by atoms with van der Waals surface area (Å²) < 4.78 is 2.00. The molecule has 2 aromatic rings. The molecule has 0 saturated heterocycles. The van der Waals surface area contributed by atoms with Crippen LogP contribution in [0.3, 0.4) is 0 Å². The van der Waals surface area contributed by atoms with Crippen molar-refractivity contribution in [2.45, 2.75) is 19.9 Å². The van der Waals surface area contributed by atoms with Crippen LogP contribution in [0, 0.1) is 10.1 Å². The Morgan fingerprint density at radius 3 is 2.67 bits per heavy atom. The van der Waals surface area contributed by atoms with E-state index in [1.807, 2.05) is 23.8 Å². The van der Waals surface area contributed by atoms with Crippen molar-refractivity contribution in [3.63, 3.8) is 0 Å². The van der Waals surface area contributed by atoms with Crippen molar-refractivity contribution in [1.29, 1.82) is 0 Å². The SMILES string of the molecule is CCNc1cc(NCCCn2ccnc2)cc([N+](=O)[O-])c1. The summed E-state index contributed by atoms with van der Waals surface area (Å²) in [5.74, 6) is 0. The van der Waals surface area contributed by atoms with E-state index in [1.165, 1.54) is 0 Å². The van der Waals surface area contributed by atoms with Crippen molar-refractivity contribution < 1.29 is 4.92 Å². The second-order valence-electron chi connectivity index (χ2n) is 4.64. The van der Waals surface area contributed by atoms with E-state index in [9.17, 15) is 10.1 Å². The van der Waals surface area contributed by atoms with Crippen LogP contribution in [0.15, 0.2) is 36.9 Å². The van der Waals surface area contributed by atoms with Crippen molar-refractivity contribution in [2.75, 3.05) is 23.7 Å². The Balaban J connectivity index is 1.93. The number of imidazole rings is 1. The number of anilines is 2. The van der Waals surface area contributed by atoms with E-state index in [4.69, 9.17) is 0 Å². The number of hydrogen-bond acceptors (Lipinski definition) is 5. The molecule has 0 aliphatic heterocycles. The van der Waals surface area contributed by atoms with Gasteiger partial charge >= 0.3 is 0 Å². The highest BCUT2D eigenvalue weighted by molar-refractivity contribution is 5.63. The zero-order chi connectivity index (χ0) is 15.1. The van der Waals surface area contributed by atoms with Crippen molar-refractivity contribution >= 4 is 17.1 Å². The molecule has 0 radical (unpaired) electrons. The molecule has 0 atom stereocenters. The van der Waals surface area contributed by atoms with Gasteiger partial charge in [0.1, 0.15) is 0 Å². The smallest absolute Gasteiger partial charge is 0.273 e. The molecule has 0 aliphatic rings. The molecule has 1 aromatic heterocycles. The van der Waals surface area contributed by atoms with E-state index in [1.54, 1.807) is 24.7 Å². The maximum Gasteiger partial charge on any atom is 0.273 e. The highest BCUT2D eigenvalue weighted by Crippen LogP contribution is 2.24. The molecule has 112 valence electrons. The van der Waals surface area contributed by atoms with Gasteiger partial charge in [0, 0.05) is 55.5 Å². The molecule has 0 bridgehead atoms. The highest BCUT2D eigenvalue weighted by atomic mass is 16.6. The zero-order valence-electron chi connectivity index (χ0n) is 12.0. The van der Waals surface area contributed by atoms with Gasteiger partial charge in [-0.15, -0.1) is 0 Å². The first-order chi connectivity index (χ1) is 10.2. The monoisotopic (exact) mass is 289 g/mol. The van der Waals surface area contributed by atoms with Crippen LogP contribution in [0.1, 0.15) is 13.3 Å². The van der Waals surface area contributed by atoms with Gasteiger partial charge in [0.05, 0.1) is 11.3 Å². The maximum absolute atomic E-state index is 10.9. The van der Waals surface area contributed by atoms with Crippen molar-refractivity contribution in [3.05, 3.63) is 47.0 Å². The number of aryl methyl sites for hydroxylation is 1. The number of hydrogen-bond donors (Lipinski definition) is 2. The Labute approximate surface area is 123 Å². The Bertz CT molecular complexity index is 583. The van der Waals surface area contributed by atoms with Gasteiger partial charge in [0.2, 0.25) is 0 Å². The quantitative estimate of drug-likeness (QED) is 0.443. The first-order valence-corrected chi connectivity index (χ1v) is 6.92. The van der Waals surface area contributed by atoms with E-state index in [0.29, 0.717) is 0 Å². The molecule has 2 N–H and O–H groups in total. The van der Waals surface area contributed by atoms with Crippen molar-refractivity contribution in [3.8, 4) is 0 Å². The molecule has 2 rings (SSSR count). The van der Waals surface area contributed by atoms with Crippen LogP contribution >= 0.6 is 0 Å². The van der Waals surface area contributed by atoms with Crippen LogP contribution in [0.4, 0.5) is 17.1 Å². The number of nitrogens with one attached hydrogen (secondary N) is 2. The number of benzene rings is 1. The summed E-state index contributed by atoms with van der Waals surface area (Å²) in [6, 6.07) is 4.98. The topological polar surface area (TPSA) is 85.0 Å². The Hall–Kier alpha value is -2.57. The lowest BCUT2D eigenvalue weighted by atomic mass is 10.2. The summed E-state index contributed by atoms with van der Waals surface area (Å²) in [7, 11) is 0. The molecule has 1 aromatic carbocycles. The van der Waals surface area contributed by atoms with E-state index in [0.717, 1.165) is 37.4 Å². The fraction of sp³-hybridized carbons (Fsp3) is 0.357. The number of non-ortho nitro benzene ring substituents is 1. The Morgan fingerprint density at radius 2 is 2.05 bits per heavy atom. The third-order valence-electron chi connectivity index (χ3n) is 2.99. The summed E-state index contributed by atoms with van der Waals surface area (Å²) in [4.78, 5) is 14.5. The van der Waals surface area contributed by atoms with Gasteiger partial charge in [-0.3, -0.25) is 10.1 Å². The average Bonchev–Trinajstić information content (AvgIpc) is 2.97. The average molecular weight is 289 g/mol. The van der Waals surface area contributed by atoms with Gasteiger partial charge in [-0.05, 0) is 19.4 Å². The molecule has 0 saturated carbocycles. The third-order valence-corrected chi connectivity index (χ3v) is 2.99. The minimum Gasteiger partial charge on any atom is -0.385 e. The van der Waals surface area contributed by atoms with Gasteiger partial charge < -0.3 is 15.2 Å². The van der Waals surface area contributed by atoms with Crippen molar-refractivity contribution in [1.82, 2.24) is 9.55 Å². The Morgan fingerprint density at radius 1 is 1.29 bits per heavy atom. The fourth-order valence-corrected chi connectivity index (χ4v) is 2.04. The third kappa shape index (κ3) is 4.48. The van der Waals surface area contributed by atoms with Crippen LogP contribution in [0.2, 0.25) is 0 Å². The lowest BCUT2D eigenvalue weighted by Crippen LogP contribution is -2.07. The number of nitro benzene ring substituents is 1. The molecule has 0 amide bonds. The molecule has 0 unspecified atom stereocenters. The molecule has 1 heterocycles. The fourth-order valence-electron chi connectivity index (χ4n) is 2.04. The molecule has 21 heavy (non-hydrogen) atoms. The van der Waals surface area contributed by atoms with Crippen LogP contribution in [0.5, 0.6) is 0 Å². The second-order valence-corrected chi connectivity index (χ2v) is 4.64. The minimum absolute atomic E-state index is 0.0885. The van der Waals surface area contributed by atoms with E-state index >= 15 is 0 Å². The summed E-state index contributed by atoms with van der Waals surface area (Å²) >= 11 is 0. The van der Waals surface area contributed by atoms with Crippen LogP contribution in [-0.2, 0) is 6.54 Å². The van der Waals surface area contributed by atoms with Crippen LogP contribution in [0.25, 0.3) is 0 Å². The standard InChI is InChI=1S/C14H19N5O2/c1-2-16-12-8-13(10-14(9-12)19(20)21)17-4-3-6-18-7-5-15-11-18/h5,7-11,16-17H,2-4,6H2,1H3. The normalized spacial score (nSPS) is 10.3. The molecule has 0 aliphatic carbocycles. The lowest BCUT2D eigenvalue weighted by Gasteiger charge is -2.10. The van der Waals surface area contributed by atoms with Gasteiger partial charge in [0.15, 0.2) is 0 Å². The zero-order valence-corrected chi connectivity index (χ0v) is 12.0. The number of nitrogens with zero attached hydrogens (tertiary/aromatic N) is 3. The number of aromatic nitrogens is 2. The summed E-state index contributed by atoms with van der Waals surface area (Å²) in [6.45, 7) is 4.28. The maximum atomic E-state index is 10.9. The second kappa shape index (κ2) is 7.28. The van der Waals surface area contributed by atoms with E-state index in [-0.39, 0.29) is 10.6 Å². The van der Waals surface area contributed by atoms with Gasteiger partial charge in [-0.25, -0.2) is 4.98 Å². The Kier molecular flexibility index (Phi) is 5.14. The molecule has 7 nitrogen and oxygen atoms in total. The van der Waals surface area contributed by atoms with Gasteiger partial charge in [0.25, 0.3) is 5.69 Å². The summed E-state index contributed by atoms with van der Waals surface area (Å²) in [5.41, 5.74) is 1.60. The lowest BCUT2D eigenvalue weighted by molar-refractivity contribution is -0.384. The molecule has 0 fully saturated rings. The molecule has 7 heteroatoms. The van der Waals surface area contributed by atoms with E-state index in [2.05, 4.69) is 15.6 Å². The summed E-state index contributed by atoms with van der Waals surface area (Å²) in [5, 5.41) is 17.3. The predicted molar refractivity (Wildman–Crippen MR) is 82.6 cm³/mol. The number of nitro groups is 1. The molecular formula is C14H19N5O2. The molecular weight excluding hydrogens is 270 g/mol. The molecule has 0 spiro atoms. The van der Waals surface area contributed by atoms with Gasteiger partial charge in [-0.1, -0.05) is 0 Å². The van der Waals surface area contributed by atoms with Crippen LogP contribution in [-0.4, -0.2) is 27.6 Å². The minimum atomic E-state index is -0.377. The van der Waals surface area contributed by atoms with E-state index < -0.39 is 0 Å².